The first-order valence-electron chi connectivity index (χ1n) is 14.0. The number of thiophene rings is 2. The van der Waals surface area contributed by atoms with Crippen LogP contribution in [0.1, 0.15) is 76.3 Å². The van der Waals surface area contributed by atoms with Crippen LogP contribution in [-0.4, -0.2) is 0 Å². The Morgan fingerprint density at radius 1 is 0.444 bits per heavy atom. The summed E-state index contributed by atoms with van der Waals surface area (Å²) in [7, 11) is 0. The Hall–Kier alpha value is -2.42. The van der Waals surface area contributed by atoms with Gasteiger partial charge in [-0.05, 0) is 58.4 Å². The lowest BCUT2D eigenvalue weighted by atomic mass is 10.0. The molecule has 0 fully saturated rings. The van der Waals surface area contributed by atoms with Crippen molar-refractivity contribution in [3.8, 4) is 0 Å². The molecular weight excluding hydrogens is 473 g/mol. The van der Waals surface area contributed by atoms with Gasteiger partial charge in [-0.1, -0.05) is 113 Å². The molecular formula is C34H36S2. The van der Waals surface area contributed by atoms with Crippen molar-refractivity contribution in [1.82, 2.24) is 0 Å². The molecule has 0 spiro atoms. The number of benzene rings is 4. The largest absolute Gasteiger partial charge is 0.133 e. The van der Waals surface area contributed by atoms with Gasteiger partial charge < -0.3 is 0 Å². The van der Waals surface area contributed by atoms with Crippen molar-refractivity contribution in [2.75, 3.05) is 0 Å². The second kappa shape index (κ2) is 10.5. The van der Waals surface area contributed by atoms with E-state index in [1.165, 1.54) is 126 Å². The molecule has 2 aromatic heterocycles. The Labute approximate surface area is 222 Å². The minimum absolute atomic E-state index is 1.20. The molecule has 0 amide bonds. The molecule has 6 aromatic rings. The monoisotopic (exact) mass is 508 g/mol. The van der Waals surface area contributed by atoms with Crippen LogP contribution in [0.25, 0.3) is 51.1 Å². The summed E-state index contributed by atoms with van der Waals surface area (Å²) in [6.07, 6.45) is 13.0. The molecule has 4 aromatic carbocycles. The predicted molar refractivity (Wildman–Crippen MR) is 165 cm³/mol. The van der Waals surface area contributed by atoms with Crippen LogP contribution in [-0.2, 0) is 12.8 Å². The quantitative estimate of drug-likeness (QED) is 0.161. The first-order valence-corrected chi connectivity index (χ1v) is 15.6. The van der Waals surface area contributed by atoms with Crippen molar-refractivity contribution >= 4 is 73.8 Å². The van der Waals surface area contributed by atoms with Crippen molar-refractivity contribution in [1.29, 1.82) is 0 Å². The zero-order valence-electron chi connectivity index (χ0n) is 21.7. The number of fused-ring (bicyclic) bond motifs is 9. The molecule has 2 heteroatoms. The second-order valence-corrected chi connectivity index (χ2v) is 12.5. The SMILES string of the molecule is CCCCCCc1ccc2c(ccc3c2sc2c4ccc5cc(CCCCCC)ccc5c4sc32)c1. The molecule has 0 nitrogen and oxygen atoms in total. The molecule has 2 heterocycles. The number of aryl methyl sites for hydroxylation is 2. The fraction of sp³-hybridized carbons (Fsp3) is 0.353. The molecule has 0 atom stereocenters. The van der Waals surface area contributed by atoms with E-state index in [0.29, 0.717) is 0 Å². The summed E-state index contributed by atoms with van der Waals surface area (Å²) >= 11 is 3.99. The Morgan fingerprint density at radius 3 is 1.33 bits per heavy atom. The number of hydrogen-bond donors (Lipinski definition) is 0. The van der Waals surface area contributed by atoms with Gasteiger partial charge in [0.1, 0.15) is 0 Å². The molecule has 0 saturated heterocycles. The molecule has 0 aliphatic carbocycles. The molecule has 0 aliphatic heterocycles. The van der Waals surface area contributed by atoms with Gasteiger partial charge in [0.25, 0.3) is 0 Å². The standard InChI is InChI=1S/C34H36S2/c1-3-5-7-9-11-23-13-17-27-25(21-23)15-19-29-31(27)35-34-30-20-16-26-22-24(12-10-8-6-4-2)14-18-28(26)32(30)36-33(29)34/h13-22H,3-12H2,1-2H3. The Kier molecular flexibility index (Phi) is 7.00. The lowest BCUT2D eigenvalue weighted by Gasteiger charge is -2.06. The molecule has 0 radical (unpaired) electrons. The van der Waals surface area contributed by atoms with Crippen LogP contribution >= 0.6 is 22.7 Å². The topological polar surface area (TPSA) is 0 Å². The lowest BCUT2D eigenvalue weighted by Crippen LogP contribution is -1.86. The number of rotatable bonds is 10. The summed E-state index contributed by atoms with van der Waals surface area (Å²) in [5.41, 5.74) is 2.97. The van der Waals surface area contributed by atoms with E-state index in [2.05, 4.69) is 74.5 Å². The van der Waals surface area contributed by atoms with Crippen LogP contribution in [0.4, 0.5) is 0 Å². The van der Waals surface area contributed by atoms with Gasteiger partial charge in [-0.2, -0.15) is 0 Å². The van der Waals surface area contributed by atoms with Crippen LogP contribution in [0.5, 0.6) is 0 Å². The molecule has 0 N–H and O–H groups in total. The lowest BCUT2D eigenvalue weighted by molar-refractivity contribution is 0.667. The maximum atomic E-state index is 2.43. The number of unbranched alkanes of at least 4 members (excludes halogenated alkanes) is 6. The van der Waals surface area contributed by atoms with Crippen LogP contribution in [0.3, 0.4) is 0 Å². The summed E-state index contributed by atoms with van der Waals surface area (Å²) in [6.45, 7) is 4.57. The van der Waals surface area contributed by atoms with Gasteiger partial charge in [-0.15, -0.1) is 22.7 Å². The van der Waals surface area contributed by atoms with Gasteiger partial charge in [0.05, 0.1) is 9.40 Å². The fourth-order valence-electron chi connectivity index (χ4n) is 5.75. The van der Waals surface area contributed by atoms with Gasteiger partial charge in [0.2, 0.25) is 0 Å². The van der Waals surface area contributed by atoms with E-state index in [4.69, 9.17) is 0 Å². The van der Waals surface area contributed by atoms with Gasteiger partial charge in [0, 0.05) is 20.2 Å². The van der Waals surface area contributed by atoms with E-state index in [-0.39, 0.29) is 0 Å². The van der Waals surface area contributed by atoms with E-state index < -0.39 is 0 Å². The third-order valence-electron chi connectivity index (χ3n) is 7.81. The van der Waals surface area contributed by atoms with Crippen molar-refractivity contribution in [3.05, 3.63) is 71.8 Å². The Bertz CT molecular complexity index is 1540. The van der Waals surface area contributed by atoms with Gasteiger partial charge >= 0.3 is 0 Å². The van der Waals surface area contributed by atoms with Crippen LogP contribution in [0, 0.1) is 0 Å². The zero-order chi connectivity index (χ0) is 24.5. The van der Waals surface area contributed by atoms with Crippen LogP contribution < -0.4 is 0 Å². The third-order valence-corrected chi connectivity index (χ3v) is 10.5. The van der Waals surface area contributed by atoms with Crippen molar-refractivity contribution in [3.63, 3.8) is 0 Å². The second-order valence-electron chi connectivity index (χ2n) is 10.5. The minimum atomic E-state index is 1.20. The molecule has 0 aliphatic rings. The van der Waals surface area contributed by atoms with Crippen molar-refractivity contribution in [2.45, 2.75) is 78.1 Å². The van der Waals surface area contributed by atoms with Gasteiger partial charge in [0.15, 0.2) is 0 Å². The normalized spacial score (nSPS) is 12.2. The molecule has 0 bridgehead atoms. The molecule has 6 rings (SSSR count). The summed E-state index contributed by atoms with van der Waals surface area (Å²) in [4.78, 5) is 0. The average Bonchev–Trinajstić information content (AvgIpc) is 3.45. The van der Waals surface area contributed by atoms with Gasteiger partial charge in [-0.3, -0.25) is 0 Å². The molecule has 36 heavy (non-hydrogen) atoms. The van der Waals surface area contributed by atoms with Crippen LogP contribution in [0.15, 0.2) is 60.7 Å². The molecule has 184 valence electrons. The van der Waals surface area contributed by atoms with Gasteiger partial charge in [-0.25, -0.2) is 0 Å². The molecule has 0 unspecified atom stereocenters. The van der Waals surface area contributed by atoms with E-state index in [9.17, 15) is 0 Å². The maximum absolute atomic E-state index is 2.43. The maximum Gasteiger partial charge on any atom is 0.0542 e. The predicted octanol–water partition coefficient (Wildman–Crippen LogP) is 11.8. The zero-order valence-corrected chi connectivity index (χ0v) is 23.3. The highest BCUT2D eigenvalue weighted by atomic mass is 32.1. The average molecular weight is 509 g/mol. The highest BCUT2D eigenvalue weighted by Crippen LogP contribution is 2.48. The Morgan fingerprint density at radius 2 is 0.889 bits per heavy atom. The smallest absolute Gasteiger partial charge is 0.0542 e. The highest BCUT2D eigenvalue weighted by molar-refractivity contribution is 7.37. The first kappa shape index (κ1) is 23.9. The third kappa shape index (κ3) is 4.44. The molecule has 0 saturated carbocycles. The van der Waals surface area contributed by atoms with E-state index >= 15 is 0 Å². The fourth-order valence-corrected chi connectivity index (χ4v) is 8.66. The van der Waals surface area contributed by atoms with Crippen LogP contribution in [0.2, 0.25) is 0 Å². The summed E-state index contributed by atoms with van der Waals surface area (Å²) in [5, 5.41) is 8.48. The Balaban J connectivity index is 1.36. The van der Waals surface area contributed by atoms with E-state index in [1.807, 2.05) is 22.7 Å². The summed E-state index contributed by atoms with van der Waals surface area (Å²) < 4.78 is 5.84. The van der Waals surface area contributed by atoms with Crippen molar-refractivity contribution in [2.24, 2.45) is 0 Å². The van der Waals surface area contributed by atoms with E-state index in [1.54, 1.807) is 0 Å². The minimum Gasteiger partial charge on any atom is -0.133 e. The van der Waals surface area contributed by atoms with E-state index in [0.717, 1.165) is 0 Å². The highest BCUT2D eigenvalue weighted by Gasteiger charge is 2.16. The summed E-state index contributed by atoms with van der Waals surface area (Å²) in [6, 6.07) is 23.8. The summed E-state index contributed by atoms with van der Waals surface area (Å²) in [5.74, 6) is 0. The number of hydrogen-bond acceptors (Lipinski definition) is 2. The van der Waals surface area contributed by atoms with Crippen molar-refractivity contribution < 1.29 is 0 Å². The first-order chi connectivity index (χ1) is 17.8.